The smallest absolute Gasteiger partial charge is 0.475 e. The van der Waals surface area contributed by atoms with Gasteiger partial charge in [-0.05, 0) is 95.0 Å². The van der Waals surface area contributed by atoms with Gasteiger partial charge in [-0.25, -0.2) is 22.8 Å². The van der Waals surface area contributed by atoms with Crippen molar-refractivity contribution in [1.29, 1.82) is 0 Å². The second kappa shape index (κ2) is 20.1. The van der Waals surface area contributed by atoms with Gasteiger partial charge in [0.25, 0.3) is 5.91 Å². The first kappa shape index (κ1) is 50.1. The molecule has 17 nitrogen and oxygen atoms in total. The molecule has 3 amide bonds. The van der Waals surface area contributed by atoms with Crippen molar-refractivity contribution in [3.8, 4) is 23.0 Å². The van der Waals surface area contributed by atoms with Crippen LogP contribution in [-0.4, -0.2) is 70.2 Å². The number of aromatic nitrogens is 1. The molecule has 0 atom stereocenters. The first-order valence-corrected chi connectivity index (χ1v) is 23.9. The van der Waals surface area contributed by atoms with Crippen molar-refractivity contribution < 1.29 is 50.4 Å². The van der Waals surface area contributed by atoms with Crippen molar-refractivity contribution >= 4 is 69.1 Å². The van der Waals surface area contributed by atoms with Crippen molar-refractivity contribution in [3.05, 3.63) is 96.2 Å². The quantitative estimate of drug-likeness (QED) is 0.0434. The Hall–Kier alpha value is -5.91. The van der Waals surface area contributed by atoms with E-state index in [0.717, 1.165) is 11.8 Å². The second-order valence-corrected chi connectivity index (χ2v) is 21.2. The fraction of sp³-hybridized carbons (Fsp3) is 0.370. The van der Waals surface area contributed by atoms with E-state index in [9.17, 15) is 22.6 Å². The number of fused-ring (bicyclic) bond motifs is 1. The molecule has 0 aliphatic heterocycles. The summed E-state index contributed by atoms with van der Waals surface area (Å²) in [5, 5.41) is 13.1. The lowest BCUT2D eigenvalue weighted by Gasteiger charge is -2.30. The van der Waals surface area contributed by atoms with Crippen molar-refractivity contribution in [2.45, 2.75) is 78.9 Å². The summed E-state index contributed by atoms with van der Waals surface area (Å²) in [7, 11) is -4.76. The van der Waals surface area contributed by atoms with Crippen molar-refractivity contribution in [3.63, 3.8) is 0 Å². The standard InChI is InChI=1S/C46H59N6O11PS/c1-44(2,3)29-25-36(41(59-11)37(26-29)52-65(12,56)57)51-43(54)50-35-19-20-38(33-16-14-13-15-32(33)35)61-31-21-22-47-40(28-31)49-30-17-18-34(39(27-30)58-10)42(53)48-23-24-60-64(55,62-45(4,5)6)63-46(7,8)9/h13-22,25-28,52H,23-24H2,1-12H3,(H,47,49)(H,48,53)(H2,50,51,54). The van der Waals surface area contributed by atoms with E-state index >= 15 is 0 Å². The number of hydrogen-bond acceptors (Lipinski definition) is 13. The summed E-state index contributed by atoms with van der Waals surface area (Å²) in [6, 6.07) is 22.1. The Kier molecular flexibility index (Phi) is 15.5. The van der Waals surface area contributed by atoms with Crippen LogP contribution >= 0.6 is 7.82 Å². The number of hydrogen-bond donors (Lipinski definition) is 5. The summed E-state index contributed by atoms with van der Waals surface area (Å²) in [5.41, 5.74) is 0.588. The van der Waals surface area contributed by atoms with Gasteiger partial charge in [0.05, 0.1) is 60.9 Å². The molecule has 350 valence electrons. The highest BCUT2D eigenvalue weighted by atomic mass is 32.2. The first-order valence-electron chi connectivity index (χ1n) is 20.6. The molecule has 0 spiro atoms. The highest BCUT2D eigenvalue weighted by Gasteiger charge is 2.37. The molecule has 0 aliphatic rings. The number of sulfonamides is 1. The molecule has 0 aliphatic carbocycles. The fourth-order valence-corrected chi connectivity index (χ4v) is 8.68. The zero-order valence-electron chi connectivity index (χ0n) is 38.8. The van der Waals surface area contributed by atoms with Gasteiger partial charge in [-0.3, -0.25) is 23.1 Å². The number of nitrogens with zero attached hydrogens (tertiary/aromatic N) is 1. The van der Waals surface area contributed by atoms with Crippen LogP contribution in [0.1, 0.15) is 78.2 Å². The zero-order valence-corrected chi connectivity index (χ0v) is 40.5. The average Bonchev–Trinajstić information content (AvgIpc) is 3.18. The molecule has 0 radical (unpaired) electrons. The van der Waals surface area contributed by atoms with Gasteiger partial charge in [0, 0.05) is 41.3 Å². The largest absolute Gasteiger partial charge is 0.496 e. The third kappa shape index (κ3) is 14.5. The number of phosphoric ester groups is 1. The Bertz CT molecular complexity index is 2670. The molecule has 5 aromatic rings. The monoisotopic (exact) mass is 934 g/mol. The molecular formula is C46H59N6O11PS. The number of amides is 3. The Morgan fingerprint density at radius 1 is 0.738 bits per heavy atom. The summed E-state index contributed by atoms with van der Waals surface area (Å²) in [6.07, 6.45) is 2.62. The number of rotatable bonds is 17. The third-order valence-corrected chi connectivity index (χ3v) is 11.6. The minimum absolute atomic E-state index is 0.0191. The Balaban J connectivity index is 1.27. The summed E-state index contributed by atoms with van der Waals surface area (Å²) in [4.78, 5) is 31.2. The summed E-state index contributed by atoms with van der Waals surface area (Å²) < 4.78 is 74.5. The fourth-order valence-electron chi connectivity index (χ4n) is 6.33. The number of methoxy groups -OCH3 is 2. The van der Waals surface area contributed by atoms with Crippen molar-refractivity contribution in [2.75, 3.05) is 54.3 Å². The number of carbonyl (C=O) groups is 2. The third-order valence-electron chi connectivity index (χ3n) is 8.92. The van der Waals surface area contributed by atoms with Crippen LogP contribution < -0.4 is 40.2 Å². The minimum Gasteiger partial charge on any atom is -0.496 e. The molecule has 1 heterocycles. The van der Waals surface area contributed by atoms with Gasteiger partial charge in [0.15, 0.2) is 5.75 Å². The van der Waals surface area contributed by atoms with E-state index in [-0.39, 0.29) is 41.3 Å². The van der Waals surface area contributed by atoms with Gasteiger partial charge in [-0.1, -0.05) is 45.0 Å². The maximum Gasteiger partial charge on any atom is 0.475 e. The molecule has 0 saturated carbocycles. The number of nitrogens with one attached hydrogen (secondary N) is 5. The van der Waals surface area contributed by atoms with Crippen LogP contribution in [0.25, 0.3) is 10.8 Å². The van der Waals surface area contributed by atoms with E-state index < -0.39 is 41.0 Å². The molecule has 19 heteroatoms. The van der Waals surface area contributed by atoms with Gasteiger partial charge in [-0.2, -0.15) is 0 Å². The molecule has 5 N–H and O–H groups in total. The maximum atomic E-state index is 13.6. The van der Waals surface area contributed by atoms with E-state index in [1.807, 2.05) is 45.0 Å². The van der Waals surface area contributed by atoms with Crippen LogP contribution in [0.15, 0.2) is 85.1 Å². The second-order valence-electron chi connectivity index (χ2n) is 17.9. The molecule has 65 heavy (non-hydrogen) atoms. The predicted octanol–water partition coefficient (Wildman–Crippen LogP) is 10.6. The van der Waals surface area contributed by atoms with Crippen molar-refractivity contribution in [2.24, 2.45) is 0 Å². The molecular weight excluding hydrogens is 876 g/mol. The van der Waals surface area contributed by atoms with E-state index in [2.05, 4.69) is 31.0 Å². The van der Waals surface area contributed by atoms with Gasteiger partial charge >= 0.3 is 13.9 Å². The van der Waals surface area contributed by atoms with Gasteiger partial charge in [0.1, 0.15) is 23.1 Å². The highest BCUT2D eigenvalue weighted by Crippen LogP contribution is 2.55. The summed E-state index contributed by atoms with van der Waals surface area (Å²) in [5.74, 6) is 1.42. The SMILES string of the molecule is COc1cc(Nc2cc(Oc3ccc(NC(=O)Nc4cc(C(C)(C)C)cc(NS(C)(=O)=O)c4OC)c4ccccc34)ccn2)ccc1C(=O)NCCOP(=O)(OC(C)(C)C)OC(C)(C)C. The normalized spacial score (nSPS) is 12.3. The number of urea groups is 1. The number of carbonyl (C=O) groups excluding carboxylic acids is 2. The molecule has 0 fully saturated rings. The van der Waals surface area contributed by atoms with E-state index in [0.29, 0.717) is 45.2 Å². The minimum atomic E-state index is -3.95. The van der Waals surface area contributed by atoms with Gasteiger partial charge in [-0.15, -0.1) is 0 Å². The number of pyridine rings is 1. The summed E-state index contributed by atoms with van der Waals surface area (Å²) in [6.45, 7) is 16.3. The van der Waals surface area contributed by atoms with Crippen LogP contribution in [0.4, 0.5) is 33.4 Å². The van der Waals surface area contributed by atoms with Crippen LogP contribution in [-0.2, 0) is 33.6 Å². The maximum absolute atomic E-state index is 13.6. The molecule has 0 saturated heterocycles. The highest BCUT2D eigenvalue weighted by molar-refractivity contribution is 7.92. The lowest BCUT2D eigenvalue weighted by molar-refractivity contribution is 0.00364. The lowest BCUT2D eigenvalue weighted by Crippen LogP contribution is -2.29. The van der Waals surface area contributed by atoms with Crippen LogP contribution in [0, 0.1) is 0 Å². The van der Waals surface area contributed by atoms with Gasteiger partial charge in [0.2, 0.25) is 10.0 Å². The van der Waals surface area contributed by atoms with Crippen LogP contribution in [0.5, 0.6) is 23.0 Å². The number of anilines is 5. The lowest BCUT2D eigenvalue weighted by atomic mass is 9.86. The topological polar surface area (TPSA) is 214 Å². The Morgan fingerprint density at radius 3 is 2.00 bits per heavy atom. The molecule has 4 aromatic carbocycles. The predicted molar refractivity (Wildman–Crippen MR) is 255 cm³/mol. The Morgan fingerprint density at radius 2 is 1.38 bits per heavy atom. The van der Waals surface area contributed by atoms with E-state index in [1.54, 1.807) is 102 Å². The van der Waals surface area contributed by atoms with Crippen LogP contribution in [0.3, 0.4) is 0 Å². The number of phosphoric acid groups is 1. The van der Waals surface area contributed by atoms with E-state index in [1.165, 1.54) is 14.2 Å². The van der Waals surface area contributed by atoms with Gasteiger partial charge < -0.3 is 35.5 Å². The summed E-state index contributed by atoms with van der Waals surface area (Å²) >= 11 is 0. The van der Waals surface area contributed by atoms with E-state index in [4.69, 9.17) is 27.8 Å². The Labute approximate surface area is 381 Å². The molecule has 1 aromatic heterocycles. The van der Waals surface area contributed by atoms with Crippen LogP contribution in [0.2, 0.25) is 0 Å². The number of ether oxygens (including phenoxy) is 3. The number of benzene rings is 4. The van der Waals surface area contributed by atoms with Crippen molar-refractivity contribution in [1.82, 2.24) is 10.3 Å². The molecule has 0 unspecified atom stereocenters. The molecule has 5 rings (SSSR count). The zero-order chi connectivity index (χ0) is 48.0. The molecule has 0 bridgehead atoms. The first-order chi connectivity index (χ1) is 30.2. The average molecular weight is 935 g/mol.